The van der Waals surface area contributed by atoms with Gasteiger partial charge in [-0.25, -0.2) is 0 Å². The van der Waals surface area contributed by atoms with E-state index < -0.39 is 0 Å². The van der Waals surface area contributed by atoms with Crippen molar-refractivity contribution in [1.29, 1.82) is 0 Å². The van der Waals surface area contributed by atoms with Crippen LogP contribution in [0.4, 0.5) is 17.1 Å². The van der Waals surface area contributed by atoms with E-state index in [1.165, 1.54) is 142 Å². The number of benzene rings is 16. The van der Waals surface area contributed by atoms with Crippen molar-refractivity contribution in [2.45, 2.75) is 41.5 Å². The Morgan fingerprint density at radius 1 is 0.277 bits per heavy atom. The predicted molar refractivity (Wildman–Crippen MR) is 526 cm³/mol. The first kappa shape index (κ1) is 86.8. The molecule has 3 aliphatic heterocycles. The molecule has 0 atom stereocenters. The summed E-state index contributed by atoms with van der Waals surface area (Å²) in [6.07, 6.45) is 20.5. The molecule has 16 aromatic carbocycles. The molecule has 23 aromatic rings. The standard InChI is InChI=1S/C31H21N2.C29H19N2.C24H16N3.3C10H10N2.3Ir/c1-19-10-9-11-20(2)28(19)27-18-33-30-25-16-7-4-13-22(25)21-12-3-5-14-23(21)29(30)24-15-6-8-17-26(24)31(33)32-27;1-17-7-5-8-18(2)25(17)24-16-31-28-22-11-4-3-9-20(22)15-21-14-13-19-10-6-12-23(29(31)30-24)26(19)27(21)28;1-14-5-3-6-15(2)21(14)19-13-27-20-11-12-25-18-10-9-16-7-4-8-17(24(27)26-19)22(16)23(18)20;3*1-11-7-8-12(9-11)10-5-3-2-4-6-10;;;/h3-16,18H,1-2H3;3-11,13-16H,1-2H3;3-7,9-13H,1-2H3;3*2-5,7-9H,1H3;;;/q3*-1;3*-2;3*+3. The predicted octanol–water partition coefficient (Wildman–Crippen LogP) is 26.7. The first-order valence-electron chi connectivity index (χ1n) is 42.7. The van der Waals surface area contributed by atoms with Gasteiger partial charge in [-0.05, 0) is 195 Å². The van der Waals surface area contributed by atoms with Crippen LogP contribution in [-0.4, -0.2) is 69.0 Å². The van der Waals surface area contributed by atoms with Crippen molar-refractivity contribution in [3.05, 3.63) is 431 Å². The smallest absolute Gasteiger partial charge is 0.510 e. The minimum absolute atomic E-state index is 0. The summed E-state index contributed by atoms with van der Waals surface area (Å²) in [4.78, 5) is 32.1. The molecule has 0 aliphatic carbocycles. The molecule has 3 aliphatic rings. The maximum absolute atomic E-state index is 5.20. The van der Waals surface area contributed by atoms with Crippen LogP contribution in [0.5, 0.6) is 0 Å². The summed E-state index contributed by atoms with van der Waals surface area (Å²) in [5.41, 5.74) is 24.8. The second kappa shape index (κ2) is 36.7. The third-order valence-corrected chi connectivity index (χ3v) is 24.4. The van der Waals surface area contributed by atoms with E-state index in [1.54, 1.807) is 0 Å². The van der Waals surface area contributed by atoms with Crippen molar-refractivity contribution < 1.29 is 60.3 Å². The number of rotatable bonds is 6. The molecule has 7 aromatic heterocycles. The molecule has 13 nitrogen and oxygen atoms in total. The van der Waals surface area contributed by atoms with Crippen molar-refractivity contribution in [1.82, 2.24) is 47.8 Å². The zero-order valence-electron chi connectivity index (χ0n) is 72.9. The van der Waals surface area contributed by atoms with E-state index in [2.05, 4.69) is 303 Å². The third kappa shape index (κ3) is 15.9. The van der Waals surface area contributed by atoms with Crippen LogP contribution in [-0.2, 0) is 60.3 Å². The molecule has 0 bridgehead atoms. The summed E-state index contributed by atoms with van der Waals surface area (Å²) in [5.74, 6) is 0. The molecule has 26 rings (SSSR count). The number of pyridine rings is 4. The quantitative estimate of drug-likeness (QED) is 0.0912. The Hall–Kier alpha value is -13.9. The van der Waals surface area contributed by atoms with Crippen molar-refractivity contribution >= 4 is 153 Å². The van der Waals surface area contributed by atoms with E-state index in [9.17, 15) is 0 Å². The fourth-order valence-corrected chi connectivity index (χ4v) is 18.7. The van der Waals surface area contributed by atoms with Gasteiger partial charge in [-0.3, -0.25) is 19.9 Å². The van der Waals surface area contributed by atoms with Crippen LogP contribution in [0, 0.1) is 97.9 Å². The molecular weight excluding hydrogens is 2130 g/mol. The largest absolute Gasteiger partial charge is 3.00 e. The van der Waals surface area contributed by atoms with Gasteiger partial charge in [0, 0.05) is 68.8 Å². The summed E-state index contributed by atoms with van der Waals surface area (Å²) >= 11 is 0. The average molecular weight is 2210 g/mol. The number of aromatic nitrogens is 7. The Morgan fingerprint density at radius 2 is 0.662 bits per heavy atom. The Balaban J connectivity index is 0.000000110. The van der Waals surface area contributed by atoms with Gasteiger partial charge < -0.3 is 42.6 Å². The van der Waals surface area contributed by atoms with Gasteiger partial charge in [-0.1, -0.05) is 173 Å². The van der Waals surface area contributed by atoms with Gasteiger partial charge in [-0.2, -0.15) is 111 Å². The van der Waals surface area contributed by atoms with E-state index in [1.807, 2.05) is 205 Å². The van der Waals surface area contributed by atoms with Crippen LogP contribution in [0.15, 0.2) is 341 Å². The fourth-order valence-electron chi connectivity index (χ4n) is 18.7. The molecule has 634 valence electrons. The fraction of sp³-hybridized carbons (Fsp3) is 0.0789. The molecule has 10 heterocycles. The summed E-state index contributed by atoms with van der Waals surface area (Å²) < 4.78 is 6.79. The van der Waals surface area contributed by atoms with E-state index in [4.69, 9.17) is 15.0 Å². The van der Waals surface area contributed by atoms with Gasteiger partial charge in [0.2, 0.25) is 0 Å². The summed E-state index contributed by atoms with van der Waals surface area (Å²) in [5, 5.41) is 21.8. The minimum Gasteiger partial charge on any atom is -0.510 e. The van der Waals surface area contributed by atoms with Crippen LogP contribution >= 0.6 is 0 Å². The molecule has 0 N–H and O–H groups in total. The summed E-state index contributed by atoms with van der Waals surface area (Å²) in [6, 6.07) is 117. The van der Waals surface area contributed by atoms with Crippen molar-refractivity contribution in [2.24, 2.45) is 0 Å². The first-order chi connectivity index (χ1) is 62.2. The number of para-hydroxylation sites is 3. The van der Waals surface area contributed by atoms with Gasteiger partial charge in [0.25, 0.3) is 0 Å². The number of nitrogens with zero attached hydrogens (tertiary/aromatic N) is 13. The molecule has 0 amide bonds. The zero-order chi connectivity index (χ0) is 86.1. The number of fused-ring (bicyclic) bond motifs is 19. The molecular formula is C114H86Ir3N13. The van der Waals surface area contributed by atoms with Gasteiger partial charge >= 0.3 is 60.3 Å². The summed E-state index contributed by atoms with van der Waals surface area (Å²) in [7, 11) is 6.00. The Morgan fingerprint density at radius 3 is 1.14 bits per heavy atom. The molecule has 16 heteroatoms. The Labute approximate surface area is 796 Å². The SMILES string of the molecule is CN1C=CN(c2[c-]cccc2)[CH-]1.CN1C=CN(c2[c-]cccc2)[CH-]1.CN1C=CN(c2[c-]cccc2)[CH-]1.Cc1cccc(C)c1-c1cn2c(n1)c1[c-]ccc3ccc4cc5ccccc5c2c4c31.Cc1cccc(C)c1-c1cn2c(n1)c1[c-]cccc1c1c3ccccc3c3ccccc3c12.Cc1cccc(C)c1-c1cn2c3ccnc4ccc5cc[c-]c(c5c43)c2n1.[Ir+3].[Ir+3].[Ir+3]. The number of aryl methyl sites for hydroxylation is 6. The molecule has 130 heavy (non-hydrogen) atoms. The van der Waals surface area contributed by atoms with Gasteiger partial charge in [0.1, 0.15) is 0 Å². The van der Waals surface area contributed by atoms with Gasteiger partial charge in [0.15, 0.2) is 0 Å². The molecule has 0 radical (unpaired) electrons. The Bertz CT molecular complexity index is 7950. The van der Waals surface area contributed by atoms with E-state index in [-0.39, 0.29) is 60.3 Å². The third-order valence-electron chi connectivity index (χ3n) is 24.4. The van der Waals surface area contributed by atoms with Crippen LogP contribution in [0.25, 0.3) is 170 Å². The number of imidazole rings is 3. The van der Waals surface area contributed by atoms with Crippen molar-refractivity contribution in [3.8, 4) is 33.8 Å². The number of hydrogen-bond acceptors (Lipinski definition) is 10. The molecule has 0 saturated carbocycles. The molecule has 0 unspecified atom stereocenters. The normalized spacial score (nSPS) is 12.8. The van der Waals surface area contributed by atoms with Crippen molar-refractivity contribution in [2.75, 3.05) is 35.8 Å². The number of anilines is 3. The summed E-state index contributed by atoms with van der Waals surface area (Å²) in [6.45, 7) is 19.0. The van der Waals surface area contributed by atoms with Crippen LogP contribution in [0.3, 0.4) is 0 Å². The maximum atomic E-state index is 5.20. The monoisotopic (exact) mass is 2220 g/mol. The first-order valence-corrected chi connectivity index (χ1v) is 42.7. The Kier molecular flexibility index (Phi) is 24.5. The minimum atomic E-state index is 0. The second-order valence-corrected chi connectivity index (χ2v) is 32.8. The van der Waals surface area contributed by atoms with Crippen molar-refractivity contribution in [3.63, 3.8) is 0 Å². The average Bonchev–Trinajstić information content (AvgIpc) is 1.37. The van der Waals surface area contributed by atoms with Crippen LogP contribution < -0.4 is 14.7 Å². The van der Waals surface area contributed by atoms with Crippen LogP contribution in [0.2, 0.25) is 0 Å². The topological polar surface area (TPSA) is 84.2 Å². The zero-order valence-corrected chi connectivity index (χ0v) is 80.1. The second-order valence-electron chi connectivity index (χ2n) is 32.8. The van der Waals surface area contributed by atoms with Crippen LogP contribution in [0.1, 0.15) is 33.4 Å². The van der Waals surface area contributed by atoms with Gasteiger partial charge in [-0.15, -0.1) is 93.9 Å². The maximum Gasteiger partial charge on any atom is 3.00 e. The van der Waals surface area contributed by atoms with Gasteiger partial charge in [0.05, 0.1) is 39.5 Å². The molecule has 0 fully saturated rings. The molecule has 0 spiro atoms. The van der Waals surface area contributed by atoms with E-state index in [0.29, 0.717) is 0 Å². The number of hydrogen-bond donors (Lipinski definition) is 0. The molecule has 0 saturated heterocycles. The van der Waals surface area contributed by atoms with E-state index >= 15 is 0 Å². The van der Waals surface area contributed by atoms with E-state index in [0.717, 1.165) is 78.3 Å².